The zero-order valence-electron chi connectivity index (χ0n) is 20.0. The summed E-state index contributed by atoms with van der Waals surface area (Å²) in [5.41, 5.74) is 4.96. The summed E-state index contributed by atoms with van der Waals surface area (Å²) in [4.78, 5) is 27.3. The maximum atomic E-state index is 13.9. The Labute approximate surface area is 204 Å². The summed E-state index contributed by atoms with van der Waals surface area (Å²) in [5.74, 6) is 0.529. The number of aromatic nitrogens is 4. The summed E-state index contributed by atoms with van der Waals surface area (Å²) in [5, 5.41) is 1.09. The molecule has 35 heavy (non-hydrogen) atoms. The number of carbonyl (C=O) groups is 1. The Morgan fingerprint density at radius 2 is 1.51 bits per heavy atom. The lowest BCUT2D eigenvalue weighted by molar-refractivity contribution is 0.0739. The molecule has 6 rings (SSSR count). The molecule has 0 radical (unpaired) electrons. The molecule has 0 unspecified atom stereocenters. The molecule has 7 nitrogen and oxygen atoms in total. The molecule has 0 spiro atoms. The van der Waals surface area contributed by atoms with Crippen LogP contribution in [-0.2, 0) is 0 Å². The van der Waals surface area contributed by atoms with E-state index < -0.39 is 0 Å². The molecule has 4 heterocycles. The van der Waals surface area contributed by atoms with Gasteiger partial charge in [0.25, 0.3) is 5.91 Å². The number of rotatable bonds is 4. The molecule has 0 atom stereocenters. The van der Waals surface area contributed by atoms with Gasteiger partial charge in [-0.1, -0.05) is 36.4 Å². The van der Waals surface area contributed by atoms with Crippen LogP contribution in [0, 0.1) is 0 Å². The molecule has 0 aliphatic carbocycles. The lowest BCUT2D eigenvalue weighted by Gasteiger charge is -2.36. The van der Waals surface area contributed by atoms with Crippen molar-refractivity contribution in [2.75, 3.05) is 31.1 Å². The highest BCUT2D eigenvalue weighted by Gasteiger charge is 2.29. The summed E-state index contributed by atoms with van der Waals surface area (Å²) in [6, 6.07) is 22.8. The second kappa shape index (κ2) is 8.58. The summed E-state index contributed by atoms with van der Waals surface area (Å²) in [6.07, 6.45) is 3.45. The molecule has 1 saturated heterocycles. The highest BCUT2D eigenvalue weighted by atomic mass is 16.2. The van der Waals surface area contributed by atoms with Crippen molar-refractivity contribution < 1.29 is 4.79 Å². The first-order chi connectivity index (χ1) is 17.1. The van der Waals surface area contributed by atoms with E-state index >= 15 is 0 Å². The van der Waals surface area contributed by atoms with Crippen LogP contribution >= 0.6 is 0 Å². The Morgan fingerprint density at radius 3 is 2.23 bits per heavy atom. The van der Waals surface area contributed by atoms with E-state index in [1.54, 1.807) is 18.5 Å². The average Bonchev–Trinajstić information content (AvgIpc) is 3.44. The molecule has 0 saturated carbocycles. The molecule has 5 aromatic rings. The van der Waals surface area contributed by atoms with Crippen LogP contribution in [0.1, 0.15) is 30.4 Å². The smallest absolute Gasteiger partial charge is 0.271 e. The Bertz CT molecular complexity index is 1490. The van der Waals surface area contributed by atoms with Crippen LogP contribution in [0.5, 0.6) is 0 Å². The Hall–Kier alpha value is -4.13. The van der Waals surface area contributed by atoms with Gasteiger partial charge in [0, 0.05) is 55.7 Å². The minimum atomic E-state index is 0.0146. The van der Waals surface area contributed by atoms with Gasteiger partial charge < -0.3 is 14.4 Å². The zero-order chi connectivity index (χ0) is 23.9. The van der Waals surface area contributed by atoms with E-state index in [0.29, 0.717) is 24.7 Å². The third-order valence-corrected chi connectivity index (χ3v) is 6.83. The molecule has 2 aromatic carbocycles. The summed E-state index contributed by atoms with van der Waals surface area (Å²) < 4.78 is 4.25. The van der Waals surface area contributed by atoms with E-state index in [9.17, 15) is 4.79 Å². The number of anilines is 1. The maximum Gasteiger partial charge on any atom is 0.271 e. The predicted octanol–water partition coefficient (Wildman–Crippen LogP) is 4.92. The predicted molar refractivity (Wildman–Crippen MR) is 139 cm³/mol. The Balaban J connectivity index is 1.45. The molecule has 1 aliphatic heterocycles. The monoisotopic (exact) mass is 464 g/mol. The Morgan fingerprint density at radius 1 is 0.829 bits per heavy atom. The Kier molecular flexibility index (Phi) is 5.25. The number of hydrogen-bond acceptors (Lipinski definition) is 4. The van der Waals surface area contributed by atoms with Crippen molar-refractivity contribution in [1.29, 1.82) is 0 Å². The average molecular weight is 465 g/mol. The van der Waals surface area contributed by atoms with Crippen molar-refractivity contribution in [3.05, 3.63) is 84.8 Å². The lowest BCUT2D eigenvalue weighted by Crippen LogP contribution is -2.49. The van der Waals surface area contributed by atoms with Gasteiger partial charge in [-0.25, -0.2) is 9.97 Å². The zero-order valence-corrected chi connectivity index (χ0v) is 20.0. The van der Waals surface area contributed by atoms with Crippen LogP contribution in [0.2, 0.25) is 0 Å². The van der Waals surface area contributed by atoms with Crippen LogP contribution in [0.4, 0.5) is 5.69 Å². The first kappa shape index (κ1) is 21.4. The van der Waals surface area contributed by atoms with Crippen LogP contribution < -0.4 is 4.90 Å². The summed E-state index contributed by atoms with van der Waals surface area (Å²) >= 11 is 0. The molecular formula is C28H28N6O. The van der Waals surface area contributed by atoms with Crippen molar-refractivity contribution in [2.24, 2.45) is 0 Å². The quantitative estimate of drug-likeness (QED) is 0.379. The number of hydrogen-bond donors (Lipinski definition) is 0. The number of amides is 1. The standard InChI is InChI=1S/C28H28N6O/c1-20(2)33-23-12-7-6-11-22(23)26-24(33)19-25(34(26)28-29-13-8-14-30-28)27(35)32-17-15-31(16-18-32)21-9-4-3-5-10-21/h3-14,19-20H,15-18H2,1-2H3. The van der Waals surface area contributed by atoms with E-state index in [-0.39, 0.29) is 11.9 Å². The third kappa shape index (κ3) is 3.55. The van der Waals surface area contributed by atoms with Crippen LogP contribution in [0.3, 0.4) is 0 Å². The molecule has 3 aromatic heterocycles. The SMILES string of the molecule is CC(C)n1c2ccccc2c2c1cc(C(=O)N1CCN(c3ccccc3)CC1)n2-c1ncccn1. The highest BCUT2D eigenvalue weighted by molar-refractivity contribution is 6.11. The van der Waals surface area contributed by atoms with E-state index in [4.69, 9.17) is 0 Å². The fraction of sp³-hybridized carbons (Fsp3) is 0.250. The van der Waals surface area contributed by atoms with Gasteiger partial charge >= 0.3 is 0 Å². The first-order valence-corrected chi connectivity index (χ1v) is 12.1. The molecule has 1 amide bonds. The minimum Gasteiger partial charge on any atom is -0.368 e. The van der Waals surface area contributed by atoms with E-state index in [1.165, 1.54) is 5.69 Å². The molecule has 1 aliphatic rings. The molecule has 7 heteroatoms. The fourth-order valence-corrected chi connectivity index (χ4v) is 5.25. The van der Waals surface area contributed by atoms with Crippen LogP contribution in [0.25, 0.3) is 27.9 Å². The van der Waals surface area contributed by atoms with Crippen LogP contribution in [0.15, 0.2) is 79.1 Å². The molecule has 0 N–H and O–H groups in total. The second-order valence-electron chi connectivity index (χ2n) is 9.24. The van der Waals surface area contributed by atoms with Crippen molar-refractivity contribution in [1.82, 2.24) is 24.0 Å². The molecule has 1 fully saturated rings. The van der Waals surface area contributed by atoms with Gasteiger partial charge in [-0.2, -0.15) is 0 Å². The highest BCUT2D eigenvalue weighted by Crippen LogP contribution is 2.36. The van der Waals surface area contributed by atoms with E-state index in [1.807, 2.05) is 27.7 Å². The van der Waals surface area contributed by atoms with Gasteiger partial charge in [0.05, 0.1) is 16.6 Å². The number of para-hydroxylation sites is 2. The first-order valence-electron chi connectivity index (χ1n) is 12.1. The number of benzene rings is 2. The van der Waals surface area contributed by atoms with Gasteiger partial charge in [0.15, 0.2) is 0 Å². The third-order valence-electron chi connectivity index (χ3n) is 6.83. The van der Waals surface area contributed by atoms with Gasteiger partial charge in [-0.05, 0) is 44.2 Å². The topological polar surface area (TPSA) is 59.2 Å². The number of nitrogens with zero attached hydrogens (tertiary/aromatic N) is 6. The van der Waals surface area contributed by atoms with Crippen LogP contribution in [-0.4, -0.2) is 56.1 Å². The minimum absolute atomic E-state index is 0.0146. The number of fused-ring (bicyclic) bond motifs is 3. The largest absolute Gasteiger partial charge is 0.368 e. The van der Waals surface area contributed by atoms with E-state index in [2.05, 4.69) is 75.7 Å². The van der Waals surface area contributed by atoms with Crippen molar-refractivity contribution >= 4 is 33.5 Å². The molecular weight excluding hydrogens is 436 g/mol. The lowest BCUT2D eigenvalue weighted by atomic mass is 10.2. The molecule has 0 bridgehead atoms. The van der Waals surface area contributed by atoms with Gasteiger partial charge in [-0.3, -0.25) is 9.36 Å². The number of piperazine rings is 1. The van der Waals surface area contributed by atoms with Gasteiger partial charge in [0.1, 0.15) is 5.69 Å². The fourth-order valence-electron chi connectivity index (χ4n) is 5.25. The van der Waals surface area contributed by atoms with Crippen molar-refractivity contribution in [2.45, 2.75) is 19.9 Å². The van der Waals surface area contributed by atoms with E-state index in [0.717, 1.165) is 35.0 Å². The van der Waals surface area contributed by atoms with Gasteiger partial charge in [0.2, 0.25) is 5.95 Å². The maximum absolute atomic E-state index is 13.9. The second-order valence-corrected chi connectivity index (χ2v) is 9.24. The summed E-state index contributed by atoms with van der Waals surface area (Å²) in [6.45, 7) is 7.30. The summed E-state index contributed by atoms with van der Waals surface area (Å²) in [7, 11) is 0. The number of carbonyl (C=O) groups excluding carboxylic acids is 1. The van der Waals surface area contributed by atoms with Crippen molar-refractivity contribution in [3.8, 4) is 5.95 Å². The van der Waals surface area contributed by atoms with Gasteiger partial charge in [-0.15, -0.1) is 0 Å². The van der Waals surface area contributed by atoms with Crippen molar-refractivity contribution in [3.63, 3.8) is 0 Å². The normalized spacial score (nSPS) is 14.4. The molecule has 176 valence electrons.